The second-order valence-electron chi connectivity index (χ2n) is 6.85. The zero-order valence-corrected chi connectivity index (χ0v) is 16.6. The molecule has 8 heteroatoms. The first kappa shape index (κ1) is 18.5. The van der Waals surface area contributed by atoms with Gasteiger partial charge in [-0.25, -0.2) is 0 Å². The largest absolute Gasteiger partial charge is 0.508 e. The normalized spacial score (nSPS) is 16.7. The van der Waals surface area contributed by atoms with Crippen molar-refractivity contribution in [3.8, 4) is 5.75 Å². The van der Waals surface area contributed by atoms with Crippen molar-refractivity contribution in [1.29, 1.82) is 0 Å². The highest BCUT2D eigenvalue weighted by atomic mass is 79.9. The molecule has 4 rings (SSSR count). The van der Waals surface area contributed by atoms with Crippen LogP contribution in [-0.4, -0.2) is 40.2 Å². The molecule has 2 amide bonds. The van der Waals surface area contributed by atoms with Crippen LogP contribution in [0.2, 0.25) is 0 Å². The molecule has 28 heavy (non-hydrogen) atoms. The van der Waals surface area contributed by atoms with E-state index in [1.807, 2.05) is 30.3 Å². The lowest BCUT2D eigenvalue weighted by molar-refractivity contribution is -0.126. The number of rotatable bonds is 5. The van der Waals surface area contributed by atoms with E-state index in [0.29, 0.717) is 25.3 Å². The highest BCUT2D eigenvalue weighted by Gasteiger charge is 2.36. The second-order valence-corrected chi connectivity index (χ2v) is 7.77. The minimum atomic E-state index is -0.394. The molecule has 1 aliphatic rings. The number of amides is 2. The third-order valence-corrected chi connectivity index (χ3v) is 5.40. The SMILES string of the molecule is O=C(NCCc1ccc(O)cc1)C1CC(=O)N(c2n[nH]c3cc(Br)ccc23)C1. The van der Waals surface area contributed by atoms with Gasteiger partial charge in [-0.15, -0.1) is 0 Å². The Morgan fingerprint density at radius 1 is 1.29 bits per heavy atom. The summed E-state index contributed by atoms with van der Waals surface area (Å²) in [6.07, 6.45) is 0.838. The molecule has 0 bridgehead atoms. The molecule has 144 valence electrons. The van der Waals surface area contributed by atoms with E-state index in [1.165, 1.54) is 0 Å². The van der Waals surface area contributed by atoms with Crippen LogP contribution >= 0.6 is 15.9 Å². The first-order valence-corrected chi connectivity index (χ1v) is 9.80. The van der Waals surface area contributed by atoms with Crippen LogP contribution in [-0.2, 0) is 16.0 Å². The van der Waals surface area contributed by atoms with Crippen LogP contribution < -0.4 is 10.2 Å². The molecule has 3 aromatic rings. The molecule has 1 fully saturated rings. The number of carbonyl (C=O) groups is 2. The number of fused-ring (bicyclic) bond motifs is 1. The lowest BCUT2D eigenvalue weighted by Gasteiger charge is -2.14. The number of carbonyl (C=O) groups excluding carboxylic acids is 2. The summed E-state index contributed by atoms with van der Waals surface area (Å²) < 4.78 is 0.925. The van der Waals surface area contributed by atoms with Crippen molar-refractivity contribution in [3.63, 3.8) is 0 Å². The zero-order chi connectivity index (χ0) is 19.7. The molecule has 1 unspecified atom stereocenters. The fourth-order valence-corrected chi connectivity index (χ4v) is 3.77. The van der Waals surface area contributed by atoms with Crippen molar-refractivity contribution in [2.45, 2.75) is 12.8 Å². The number of anilines is 1. The number of halogens is 1. The molecular formula is C20H19BrN4O3. The Kier molecular flexibility index (Phi) is 5.04. The summed E-state index contributed by atoms with van der Waals surface area (Å²) in [5.41, 5.74) is 1.86. The Balaban J connectivity index is 1.38. The van der Waals surface area contributed by atoms with Crippen molar-refractivity contribution in [2.24, 2.45) is 5.92 Å². The monoisotopic (exact) mass is 442 g/mol. The van der Waals surface area contributed by atoms with Gasteiger partial charge in [-0.1, -0.05) is 28.1 Å². The van der Waals surface area contributed by atoms with E-state index in [9.17, 15) is 14.7 Å². The molecule has 1 atom stereocenters. The Hall–Kier alpha value is -2.87. The molecule has 3 N–H and O–H groups in total. The first-order chi connectivity index (χ1) is 13.5. The summed E-state index contributed by atoms with van der Waals surface area (Å²) in [6.45, 7) is 0.799. The van der Waals surface area contributed by atoms with Gasteiger partial charge >= 0.3 is 0 Å². The summed E-state index contributed by atoms with van der Waals surface area (Å²) in [6, 6.07) is 12.6. The fourth-order valence-electron chi connectivity index (χ4n) is 3.41. The van der Waals surface area contributed by atoms with Gasteiger partial charge in [-0.3, -0.25) is 19.6 Å². The molecular weight excluding hydrogens is 424 g/mol. The summed E-state index contributed by atoms with van der Waals surface area (Å²) >= 11 is 3.42. The number of phenolic OH excluding ortho intramolecular Hbond substituents is 1. The molecule has 0 saturated carbocycles. The van der Waals surface area contributed by atoms with E-state index in [-0.39, 0.29) is 24.0 Å². The third-order valence-electron chi connectivity index (χ3n) is 4.91. The van der Waals surface area contributed by atoms with Crippen molar-refractivity contribution < 1.29 is 14.7 Å². The van der Waals surface area contributed by atoms with E-state index in [1.54, 1.807) is 17.0 Å². The third kappa shape index (κ3) is 3.73. The quantitative estimate of drug-likeness (QED) is 0.565. The predicted octanol–water partition coefficient (Wildman–Crippen LogP) is 2.74. The number of hydrogen-bond acceptors (Lipinski definition) is 4. The summed E-state index contributed by atoms with van der Waals surface area (Å²) in [4.78, 5) is 26.6. The Morgan fingerprint density at radius 2 is 2.07 bits per heavy atom. The summed E-state index contributed by atoms with van der Waals surface area (Å²) in [5, 5.41) is 20.3. The lowest BCUT2D eigenvalue weighted by Crippen LogP contribution is -2.34. The Morgan fingerprint density at radius 3 is 2.86 bits per heavy atom. The van der Waals surface area contributed by atoms with Gasteiger partial charge in [0.25, 0.3) is 0 Å². The van der Waals surface area contributed by atoms with Gasteiger partial charge in [0, 0.05) is 29.4 Å². The number of hydrogen-bond donors (Lipinski definition) is 3. The number of aromatic amines is 1. The van der Waals surface area contributed by atoms with Crippen LogP contribution in [0.5, 0.6) is 5.75 Å². The number of H-pyrrole nitrogens is 1. The minimum Gasteiger partial charge on any atom is -0.508 e. The van der Waals surface area contributed by atoms with Gasteiger partial charge in [0.05, 0.1) is 11.4 Å². The molecule has 0 aliphatic carbocycles. The fraction of sp³-hybridized carbons (Fsp3) is 0.250. The summed E-state index contributed by atoms with van der Waals surface area (Å²) in [7, 11) is 0. The van der Waals surface area contributed by atoms with Crippen molar-refractivity contribution >= 4 is 44.5 Å². The molecule has 0 radical (unpaired) electrons. The van der Waals surface area contributed by atoms with Gasteiger partial charge < -0.3 is 10.4 Å². The van der Waals surface area contributed by atoms with Crippen LogP contribution in [0.15, 0.2) is 46.9 Å². The van der Waals surface area contributed by atoms with Gasteiger partial charge in [0.15, 0.2) is 5.82 Å². The number of benzene rings is 2. The van der Waals surface area contributed by atoms with E-state index in [2.05, 4.69) is 31.4 Å². The van der Waals surface area contributed by atoms with Gasteiger partial charge in [-0.2, -0.15) is 5.10 Å². The lowest BCUT2D eigenvalue weighted by atomic mass is 10.1. The maximum Gasteiger partial charge on any atom is 0.229 e. The standard InChI is InChI=1S/C20H19BrN4O3/c21-14-3-6-16-17(10-14)23-24-19(16)25-11-13(9-18(25)27)20(28)22-8-7-12-1-4-15(26)5-2-12/h1-6,10,13,26H,7-9,11H2,(H,22,28)(H,23,24). The highest BCUT2D eigenvalue weighted by Crippen LogP contribution is 2.31. The number of aromatic nitrogens is 2. The van der Waals surface area contributed by atoms with Gasteiger partial charge in [0.2, 0.25) is 11.8 Å². The van der Waals surface area contributed by atoms with Crippen LogP contribution in [0, 0.1) is 5.92 Å². The number of nitrogens with zero attached hydrogens (tertiary/aromatic N) is 2. The van der Waals surface area contributed by atoms with Crippen LogP contribution in [0.1, 0.15) is 12.0 Å². The van der Waals surface area contributed by atoms with Crippen molar-refractivity contribution in [2.75, 3.05) is 18.0 Å². The average Bonchev–Trinajstić information content (AvgIpc) is 3.26. The molecule has 7 nitrogen and oxygen atoms in total. The van der Waals surface area contributed by atoms with Crippen molar-refractivity contribution in [3.05, 3.63) is 52.5 Å². The Labute approximate surface area is 169 Å². The maximum absolute atomic E-state index is 12.5. The molecule has 0 spiro atoms. The number of phenols is 1. The van der Waals surface area contributed by atoms with Gasteiger partial charge in [0.1, 0.15) is 5.75 Å². The van der Waals surface area contributed by atoms with Crippen molar-refractivity contribution in [1.82, 2.24) is 15.5 Å². The Bertz CT molecular complexity index is 1030. The zero-order valence-electron chi connectivity index (χ0n) is 15.0. The summed E-state index contributed by atoms with van der Waals surface area (Å²) in [5.74, 6) is 0.157. The van der Waals surface area contributed by atoms with Crippen LogP contribution in [0.25, 0.3) is 10.9 Å². The van der Waals surface area contributed by atoms with E-state index in [4.69, 9.17) is 0 Å². The minimum absolute atomic E-state index is 0.102. The average molecular weight is 443 g/mol. The second kappa shape index (κ2) is 7.63. The highest BCUT2D eigenvalue weighted by molar-refractivity contribution is 9.10. The van der Waals surface area contributed by atoms with Crippen LogP contribution in [0.3, 0.4) is 0 Å². The smallest absolute Gasteiger partial charge is 0.229 e. The van der Waals surface area contributed by atoms with E-state index < -0.39 is 5.92 Å². The maximum atomic E-state index is 12.5. The van der Waals surface area contributed by atoms with E-state index in [0.717, 1.165) is 20.9 Å². The topological polar surface area (TPSA) is 98.3 Å². The van der Waals surface area contributed by atoms with E-state index >= 15 is 0 Å². The molecule has 1 saturated heterocycles. The molecule has 1 aromatic heterocycles. The van der Waals surface area contributed by atoms with Gasteiger partial charge in [-0.05, 0) is 42.3 Å². The predicted molar refractivity (Wildman–Crippen MR) is 109 cm³/mol. The molecule has 2 heterocycles. The molecule has 1 aliphatic heterocycles. The molecule has 2 aromatic carbocycles. The van der Waals surface area contributed by atoms with Crippen LogP contribution in [0.4, 0.5) is 5.82 Å². The number of nitrogens with one attached hydrogen (secondary N) is 2. The first-order valence-electron chi connectivity index (χ1n) is 9.01. The number of aromatic hydroxyl groups is 1.